The van der Waals surface area contributed by atoms with E-state index in [-0.39, 0.29) is 0 Å². The number of pyridine rings is 1. The van der Waals surface area contributed by atoms with Crippen molar-refractivity contribution in [3.05, 3.63) is 29.1 Å². The van der Waals surface area contributed by atoms with Crippen molar-refractivity contribution < 1.29 is 22.7 Å². The van der Waals surface area contributed by atoms with Crippen LogP contribution in [0.15, 0.2) is 12.1 Å². The number of hydrogen-bond donors (Lipinski definition) is 0. The molecule has 0 aliphatic rings. The van der Waals surface area contributed by atoms with E-state index >= 15 is 0 Å². The van der Waals surface area contributed by atoms with E-state index in [9.17, 15) is 18.0 Å². The standard InChI is InChI=1S/C9H5F3N2O2/c1-16-8(15)7-3-5(9(10,11)12)2-6(4-13)14-7/h2-3H,1H3. The lowest BCUT2D eigenvalue weighted by Crippen LogP contribution is -2.11. The van der Waals surface area contributed by atoms with Gasteiger partial charge >= 0.3 is 12.1 Å². The van der Waals surface area contributed by atoms with Gasteiger partial charge < -0.3 is 4.74 Å². The maximum absolute atomic E-state index is 12.4. The molecule has 0 aliphatic heterocycles. The number of nitrogens with zero attached hydrogens (tertiary/aromatic N) is 2. The van der Waals surface area contributed by atoms with Crippen LogP contribution in [0.25, 0.3) is 0 Å². The lowest BCUT2D eigenvalue weighted by molar-refractivity contribution is -0.137. The first-order valence-electron chi connectivity index (χ1n) is 3.96. The highest BCUT2D eigenvalue weighted by atomic mass is 19.4. The number of methoxy groups -OCH3 is 1. The third kappa shape index (κ3) is 2.48. The molecule has 0 fully saturated rings. The largest absolute Gasteiger partial charge is 0.464 e. The number of rotatable bonds is 1. The maximum Gasteiger partial charge on any atom is 0.416 e. The van der Waals surface area contributed by atoms with Crippen LogP contribution in [0, 0.1) is 11.3 Å². The highest BCUT2D eigenvalue weighted by Gasteiger charge is 2.32. The van der Waals surface area contributed by atoms with Crippen molar-refractivity contribution in [3.8, 4) is 6.07 Å². The molecule has 0 radical (unpaired) electrons. The van der Waals surface area contributed by atoms with Gasteiger partial charge in [0.2, 0.25) is 0 Å². The Morgan fingerprint density at radius 2 is 2.12 bits per heavy atom. The number of aromatic nitrogens is 1. The molecule has 0 amide bonds. The number of nitriles is 1. The van der Waals surface area contributed by atoms with Crippen LogP contribution >= 0.6 is 0 Å². The van der Waals surface area contributed by atoms with Crippen LogP contribution in [0.1, 0.15) is 21.7 Å². The smallest absolute Gasteiger partial charge is 0.416 e. The van der Waals surface area contributed by atoms with Gasteiger partial charge in [-0.15, -0.1) is 0 Å². The lowest BCUT2D eigenvalue weighted by Gasteiger charge is -2.07. The van der Waals surface area contributed by atoms with Gasteiger partial charge in [-0.25, -0.2) is 9.78 Å². The highest BCUT2D eigenvalue weighted by Crippen LogP contribution is 2.29. The van der Waals surface area contributed by atoms with Crippen molar-refractivity contribution in [1.82, 2.24) is 4.98 Å². The minimum absolute atomic E-state index is 0.491. The maximum atomic E-state index is 12.4. The second-order valence-corrected chi connectivity index (χ2v) is 2.73. The Bertz CT molecular complexity index is 463. The molecule has 0 unspecified atom stereocenters. The molecule has 1 heterocycles. The average Bonchev–Trinajstić information content (AvgIpc) is 2.26. The number of alkyl halides is 3. The Kier molecular flexibility index (Phi) is 3.13. The van der Waals surface area contributed by atoms with E-state index in [2.05, 4.69) is 9.72 Å². The first kappa shape index (κ1) is 12.0. The van der Waals surface area contributed by atoms with Crippen molar-refractivity contribution in [2.24, 2.45) is 0 Å². The van der Waals surface area contributed by atoms with Crippen molar-refractivity contribution in [2.75, 3.05) is 7.11 Å². The fourth-order valence-electron chi connectivity index (χ4n) is 0.961. The van der Waals surface area contributed by atoms with E-state index in [1.807, 2.05) is 0 Å². The highest BCUT2D eigenvalue weighted by molar-refractivity contribution is 5.87. The molecule has 1 rings (SSSR count). The first-order chi connectivity index (χ1) is 7.38. The van der Waals surface area contributed by atoms with Crippen LogP contribution in [0.2, 0.25) is 0 Å². The summed E-state index contributed by atoms with van der Waals surface area (Å²) in [6.45, 7) is 0. The Hall–Kier alpha value is -2.10. The van der Waals surface area contributed by atoms with Gasteiger partial charge in [-0.2, -0.15) is 18.4 Å². The van der Waals surface area contributed by atoms with Crippen LogP contribution in [-0.2, 0) is 10.9 Å². The topological polar surface area (TPSA) is 63.0 Å². The predicted molar refractivity (Wildman–Crippen MR) is 45.3 cm³/mol. The molecule has 0 aromatic carbocycles. The molecule has 1 aromatic heterocycles. The van der Waals surface area contributed by atoms with Crippen LogP contribution in [0.5, 0.6) is 0 Å². The molecule has 16 heavy (non-hydrogen) atoms. The summed E-state index contributed by atoms with van der Waals surface area (Å²) in [7, 11) is 1.01. The van der Waals surface area contributed by atoms with E-state index in [1.54, 1.807) is 0 Å². The van der Waals surface area contributed by atoms with Gasteiger partial charge in [-0.1, -0.05) is 0 Å². The van der Waals surface area contributed by atoms with Crippen molar-refractivity contribution >= 4 is 5.97 Å². The molecular formula is C9H5F3N2O2. The molecular weight excluding hydrogens is 225 g/mol. The SMILES string of the molecule is COC(=O)c1cc(C(F)(F)F)cc(C#N)n1. The predicted octanol–water partition coefficient (Wildman–Crippen LogP) is 1.76. The summed E-state index contributed by atoms with van der Waals surface area (Å²) in [6.07, 6.45) is -4.64. The number of hydrogen-bond acceptors (Lipinski definition) is 4. The van der Waals surface area contributed by atoms with Gasteiger partial charge in [0.25, 0.3) is 0 Å². The van der Waals surface area contributed by atoms with E-state index < -0.39 is 29.1 Å². The molecule has 0 N–H and O–H groups in total. The molecule has 0 spiro atoms. The summed E-state index contributed by atoms with van der Waals surface area (Å²) in [5.74, 6) is -1.03. The van der Waals surface area contributed by atoms with Gasteiger partial charge in [-0.3, -0.25) is 0 Å². The summed E-state index contributed by atoms with van der Waals surface area (Å²) in [5, 5.41) is 8.47. The average molecular weight is 230 g/mol. The van der Waals surface area contributed by atoms with E-state index in [0.717, 1.165) is 7.11 Å². The van der Waals surface area contributed by atoms with Crippen LogP contribution in [0.4, 0.5) is 13.2 Å². The molecule has 4 nitrogen and oxygen atoms in total. The third-order valence-corrected chi connectivity index (χ3v) is 1.66. The minimum Gasteiger partial charge on any atom is -0.464 e. The number of carbonyl (C=O) groups is 1. The van der Waals surface area contributed by atoms with Gasteiger partial charge in [0.15, 0.2) is 5.69 Å². The number of esters is 1. The van der Waals surface area contributed by atoms with Crippen LogP contribution in [-0.4, -0.2) is 18.1 Å². The molecule has 7 heteroatoms. The van der Waals surface area contributed by atoms with Gasteiger partial charge in [-0.05, 0) is 12.1 Å². The van der Waals surface area contributed by atoms with Gasteiger partial charge in [0.1, 0.15) is 11.8 Å². The quantitative estimate of drug-likeness (QED) is 0.689. The van der Waals surface area contributed by atoms with Gasteiger partial charge in [0.05, 0.1) is 12.7 Å². The number of halogens is 3. The molecule has 0 aliphatic carbocycles. The van der Waals surface area contributed by atoms with Crippen LogP contribution in [0.3, 0.4) is 0 Å². The summed E-state index contributed by atoms with van der Waals surface area (Å²) in [5.41, 5.74) is -2.15. The fraction of sp³-hybridized carbons (Fsp3) is 0.222. The van der Waals surface area contributed by atoms with Gasteiger partial charge in [0, 0.05) is 0 Å². The molecule has 0 saturated heterocycles. The third-order valence-electron chi connectivity index (χ3n) is 1.66. The Labute approximate surface area is 88.3 Å². The summed E-state index contributed by atoms with van der Waals surface area (Å²) in [6, 6.07) is 2.54. The van der Waals surface area contributed by atoms with Crippen LogP contribution < -0.4 is 0 Å². The van der Waals surface area contributed by atoms with E-state index in [0.29, 0.717) is 12.1 Å². The van der Waals surface area contributed by atoms with Crippen molar-refractivity contribution in [3.63, 3.8) is 0 Å². The second kappa shape index (κ2) is 4.18. The fourth-order valence-corrected chi connectivity index (χ4v) is 0.961. The minimum atomic E-state index is -4.64. The Balaban J connectivity index is 3.34. The monoisotopic (exact) mass is 230 g/mol. The Morgan fingerprint density at radius 1 is 1.50 bits per heavy atom. The zero-order valence-corrected chi connectivity index (χ0v) is 8.00. The lowest BCUT2D eigenvalue weighted by atomic mass is 10.2. The van der Waals surface area contributed by atoms with E-state index in [4.69, 9.17) is 5.26 Å². The van der Waals surface area contributed by atoms with Crippen molar-refractivity contribution in [2.45, 2.75) is 6.18 Å². The second-order valence-electron chi connectivity index (χ2n) is 2.73. The molecule has 0 bridgehead atoms. The number of ether oxygens (including phenoxy) is 1. The molecule has 0 atom stereocenters. The summed E-state index contributed by atoms with van der Waals surface area (Å²) < 4.78 is 41.3. The zero-order chi connectivity index (χ0) is 12.3. The number of carbonyl (C=O) groups excluding carboxylic acids is 1. The zero-order valence-electron chi connectivity index (χ0n) is 8.00. The summed E-state index contributed by atoms with van der Waals surface area (Å²) in [4.78, 5) is 14.4. The molecule has 0 saturated carbocycles. The first-order valence-corrected chi connectivity index (χ1v) is 3.96. The Morgan fingerprint density at radius 3 is 2.56 bits per heavy atom. The van der Waals surface area contributed by atoms with Crippen molar-refractivity contribution in [1.29, 1.82) is 5.26 Å². The molecule has 84 valence electrons. The normalized spacial score (nSPS) is 10.7. The summed E-state index contributed by atoms with van der Waals surface area (Å²) >= 11 is 0. The van der Waals surface area contributed by atoms with E-state index in [1.165, 1.54) is 6.07 Å². The molecule has 1 aromatic rings.